The van der Waals surface area contributed by atoms with Crippen molar-refractivity contribution in [2.75, 3.05) is 5.75 Å². The Kier molecular flexibility index (Phi) is 3.87. The van der Waals surface area contributed by atoms with Crippen molar-refractivity contribution in [2.45, 2.75) is 31.8 Å². The predicted molar refractivity (Wildman–Crippen MR) is 57.7 cm³/mol. The summed E-state index contributed by atoms with van der Waals surface area (Å²) in [6, 6.07) is -0.394. The van der Waals surface area contributed by atoms with Crippen molar-refractivity contribution in [1.29, 1.82) is 0 Å². The first-order chi connectivity index (χ1) is 6.89. The average Bonchev–Trinajstić information content (AvgIpc) is 2.42. The van der Waals surface area contributed by atoms with E-state index < -0.39 is 9.84 Å². The first kappa shape index (κ1) is 12.2. The largest absolute Gasteiger partial charge is 0.349 e. The summed E-state index contributed by atoms with van der Waals surface area (Å²) in [5, 5.41) is 3.77. The number of nitrogens with one attached hydrogen (secondary N) is 1. The van der Waals surface area contributed by atoms with Crippen LogP contribution >= 0.6 is 0 Å². The number of amides is 1. The lowest BCUT2D eigenvalue weighted by atomic mass is 10.2. The van der Waals surface area contributed by atoms with Crippen molar-refractivity contribution in [3.8, 4) is 0 Å². The summed E-state index contributed by atoms with van der Waals surface area (Å²) < 4.78 is 22.1. The van der Waals surface area contributed by atoms with Gasteiger partial charge in [-0.2, -0.15) is 0 Å². The van der Waals surface area contributed by atoms with Gasteiger partial charge in [0.2, 0.25) is 5.91 Å². The van der Waals surface area contributed by atoms with Gasteiger partial charge < -0.3 is 11.1 Å². The molecule has 0 radical (unpaired) electrons. The summed E-state index contributed by atoms with van der Waals surface area (Å²) in [6.45, 7) is 1.83. The molecule has 1 heterocycles. The number of carbonyl (C=O) groups is 1. The van der Waals surface area contributed by atoms with Crippen LogP contribution in [0.2, 0.25) is 0 Å². The highest BCUT2D eigenvalue weighted by atomic mass is 32.2. The highest BCUT2D eigenvalue weighted by Gasteiger charge is 2.22. The molecule has 5 nitrogen and oxygen atoms in total. The fourth-order valence-corrected chi connectivity index (χ4v) is 2.54. The van der Waals surface area contributed by atoms with E-state index >= 15 is 0 Å². The molecule has 0 aromatic rings. The van der Waals surface area contributed by atoms with E-state index in [9.17, 15) is 13.2 Å². The molecule has 0 saturated heterocycles. The molecule has 0 fully saturated rings. The van der Waals surface area contributed by atoms with Gasteiger partial charge in [0, 0.05) is 17.9 Å². The molecular formula is C9H16N2O3S. The minimum Gasteiger partial charge on any atom is -0.349 e. The predicted octanol–water partition coefficient (Wildman–Crippen LogP) is -0.459. The van der Waals surface area contributed by atoms with Gasteiger partial charge in [-0.05, 0) is 19.4 Å². The Morgan fingerprint density at radius 1 is 1.67 bits per heavy atom. The van der Waals surface area contributed by atoms with Gasteiger partial charge in [-0.3, -0.25) is 4.79 Å². The Morgan fingerprint density at radius 3 is 2.80 bits per heavy atom. The Labute approximate surface area is 89.6 Å². The zero-order chi connectivity index (χ0) is 11.5. The summed E-state index contributed by atoms with van der Waals surface area (Å²) in [6.07, 6.45) is 2.44. The summed E-state index contributed by atoms with van der Waals surface area (Å²) in [5.74, 6) is -0.184. The van der Waals surface area contributed by atoms with Crippen LogP contribution in [0.5, 0.6) is 0 Å². The van der Waals surface area contributed by atoms with Crippen LogP contribution in [0.3, 0.4) is 0 Å². The molecule has 15 heavy (non-hydrogen) atoms. The van der Waals surface area contributed by atoms with Gasteiger partial charge in [0.1, 0.15) is 0 Å². The second kappa shape index (κ2) is 4.76. The van der Waals surface area contributed by atoms with Crippen molar-refractivity contribution >= 4 is 15.7 Å². The number of carbonyl (C=O) groups excluding carboxylic acids is 1. The smallest absolute Gasteiger partial charge is 0.220 e. The van der Waals surface area contributed by atoms with Crippen LogP contribution < -0.4 is 11.1 Å². The van der Waals surface area contributed by atoms with Crippen molar-refractivity contribution < 1.29 is 13.2 Å². The van der Waals surface area contributed by atoms with Crippen LogP contribution in [0.15, 0.2) is 11.5 Å². The number of hydrogen-bond donors (Lipinski definition) is 2. The lowest BCUT2D eigenvalue weighted by Gasteiger charge is -2.10. The van der Waals surface area contributed by atoms with Gasteiger partial charge in [-0.1, -0.05) is 0 Å². The third-order valence-electron chi connectivity index (χ3n) is 2.10. The Morgan fingerprint density at radius 2 is 2.33 bits per heavy atom. The maximum absolute atomic E-state index is 11.3. The molecule has 0 aromatic heterocycles. The second-order valence-electron chi connectivity index (χ2n) is 3.85. The molecular weight excluding hydrogens is 216 g/mol. The lowest BCUT2D eigenvalue weighted by molar-refractivity contribution is -0.121. The van der Waals surface area contributed by atoms with E-state index in [0.717, 1.165) is 5.41 Å². The highest BCUT2D eigenvalue weighted by molar-refractivity contribution is 7.94. The SMILES string of the molecule is CC(N)CCC(=O)NC1C=CS(=O)(=O)C1. The molecule has 3 N–H and O–H groups in total. The first-order valence-corrected chi connectivity index (χ1v) is 6.56. The molecule has 1 amide bonds. The second-order valence-corrected chi connectivity index (χ2v) is 5.78. The van der Waals surface area contributed by atoms with E-state index in [1.165, 1.54) is 6.08 Å². The van der Waals surface area contributed by atoms with Gasteiger partial charge >= 0.3 is 0 Å². The lowest BCUT2D eigenvalue weighted by Crippen LogP contribution is -2.36. The first-order valence-electron chi connectivity index (χ1n) is 4.85. The molecule has 1 aliphatic heterocycles. The van der Waals surface area contributed by atoms with Crippen molar-refractivity contribution in [1.82, 2.24) is 5.32 Å². The van der Waals surface area contributed by atoms with E-state index in [0.29, 0.717) is 12.8 Å². The highest BCUT2D eigenvalue weighted by Crippen LogP contribution is 2.08. The summed E-state index contributed by atoms with van der Waals surface area (Å²) in [7, 11) is -3.09. The number of nitrogens with two attached hydrogens (primary N) is 1. The number of rotatable bonds is 4. The Hall–Kier alpha value is -0.880. The molecule has 2 unspecified atom stereocenters. The quantitative estimate of drug-likeness (QED) is 0.686. The molecule has 0 spiro atoms. The molecule has 6 heteroatoms. The van der Waals surface area contributed by atoms with Gasteiger partial charge in [0.25, 0.3) is 0 Å². The molecule has 0 saturated carbocycles. The van der Waals surface area contributed by atoms with Crippen molar-refractivity contribution in [3.05, 3.63) is 11.5 Å². The van der Waals surface area contributed by atoms with Crippen LogP contribution in [0.1, 0.15) is 19.8 Å². The van der Waals surface area contributed by atoms with Crippen LogP contribution in [0.4, 0.5) is 0 Å². The van der Waals surface area contributed by atoms with Crippen LogP contribution in [0, 0.1) is 0 Å². The van der Waals surface area contributed by atoms with E-state index in [-0.39, 0.29) is 23.7 Å². The van der Waals surface area contributed by atoms with Crippen molar-refractivity contribution in [3.63, 3.8) is 0 Å². The van der Waals surface area contributed by atoms with Gasteiger partial charge in [0.05, 0.1) is 11.8 Å². The topological polar surface area (TPSA) is 89.3 Å². The maximum Gasteiger partial charge on any atom is 0.220 e. The van der Waals surface area contributed by atoms with E-state index in [1.54, 1.807) is 0 Å². The van der Waals surface area contributed by atoms with Gasteiger partial charge in [0.15, 0.2) is 9.84 Å². The molecule has 0 aliphatic carbocycles. The van der Waals surface area contributed by atoms with Gasteiger partial charge in [-0.15, -0.1) is 0 Å². The average molecular weight is 232 g/mol. The minimum atomic E-state index is -3.09. The standard InChI is InChI=1S/C9H16N2O3S/c1-7(10)2-3-9(12)11-8-4-5-15(13,14)6-8/h4-5,7-8H,2-3,6,10H2,1H3,(H,11,12). The van der Waals surface area contributed by atoms with E-state index in [1.807, 2.05) is 6.92 Å². The summed E-state index contributed by atoms with van der Waals surface area (Å²) >= 11 is 0. The van der Waals surface area contributed by atoms with Crippen LogP contribution in [-0.4, -0.2) is 32.2 Å². The number of hydrogen-bond acceptors (Lipinski definition) is 4. The van der Waals surface area contributed by atoms with E-state index in [2.05, 4.69) is 5.32 Å². The summed E-state index contributed by atoms with van der Waals surface area (Å²) in [4.78, 5) is 11.3. The molecule has 0 aromatic carbocycles. The fraction of sp³-hybridized carbons (Fsp3) is 0.667. The third-order valence-corrected chi connectivity index (χ3v) is 3.50. The molecule has 2 atom stereocenters. The zero-order valence-electron chi connectivity index (χ0n) is 8.64. The zero-order valence-corrected chi connectivity index (χ0v) is 9.46. The molecule has 86 valence electrons. The monoisotopic (exact) mass is 232 g/mol. The fourth-order valence-electron chi connectivity index (χ4n) is 1.30. The molecule has 1 rings (SSSR count). The van der Waals surface area contributed by atoms with Gasteiger partial charge in [-0.25, -0.2) is 8.42 Å². The van der Waals surface area contributed by atoms with Crippen molar-refractivity contribution in [2.24, 2.45) is 5.73 Å². The number of sulfone groups is 1. The van der Waals surface area contributed by atoms with E-state index in [4.69, 9.17) is 5.73 Å². The normalized spacial score (nSPS) is 25.1. The maximum atomic E-state index is 11.3. The summed E-state index contributed by atoms with van der Waals surface area (Å²) in [5.41, 5.74) is 5.50. The third kappa shape index (κ3) is 4.44. The Bertz CT molecular complexity index is 360. The molecule has 0 bridgehead atoms. The minimum absolute atomic E-state index is 0.0152. The van der Waals surface area contributed by atoms with Crippen LogP contribution in [-0.2, 0) is 14.6 Å². The molecule has 1 aliphatic rings. The Balaban J connectivity index is 2.32. The van der Waals surface area contributed by atoms with Crippen LogP contribution in [0.25, 0.3) is 0 Å².